The van der Waals surface area contributed by atoms with Crippen molar-refractivity contribution in [3.8, 4) is 0 Å². The fraction of sp³-hybridized carbons (Fsp3) is 0.964. The predicted molar refractivity (Wildman–Crippen MR) is 510 cm³/mol. The van der Waals surface area contributed by atoms with Gasteiger partial charge in [-0.3, -0.25) is 0 Å². The molecule has 0 aromatic carbocycles. The number of rotatable bonds is 6. The average Bonchev–Trinajstić information content (AvgIpc) is 1.44. The summed E-state index contributed by atoms with van der Waals surface area (Å²) in [4.78, 5) is 0. The van der Waals surface area contributed by atoms with Gasteiger partial charge in [0.25, 0.3) is 0 Å². The minimum Gasteiger partial charge on any atom is -0.103 e. The van der Waals surface area contributed by atoms with Crippen molar-refractivity contribution in [2.45, 2.75) is 493 Å². The molecule has 7 aliphatic carbocycles. The molecular weight excluding hydrogens is 1330 g/mol. The first-order valence-electron chi connectivity index (χ1n) is 48.5. The molecule has 0 aromatic heterocycles. The monoisotopic (exact) mass is 1550 g/mol. The van der Waals surface area contributed by atoms with Crippen LogP contribution in [0.15, 0.2) is 24.8 Å². The molecule has 0 heterocycles. The lowest BCUT2D eigenvalue weighted by molar-refractivity contribution is -0.0787. The Labute approximate surface area is 706 Å². The van der Waals surface area contributed by atoms with Crippen LogP contribution in [0.1, 0.15) is 493 Å². The van der Waals surface area contributed by atoms with E-state index < -0.39 is 0 Å². The summed E-state index contributed by atoms with van der Waals surface area (Å²) in [6.45, 7) is 127. The number of hydrogen-bond donors (Lipinski definition) is 0. The minimum atomic E-state index is 0.380. The number of hydrogen-bond acceptors (Lipinski definition) is 0. The van der Waals surface area contributed by atoms with Gasteiger partial charge in [-0.1, -0.05) is 396 Å². The van der Waals surface area contributed by atoms with Crippen LogP contribution in [0.3, 0.4) is 0 Å². The van der Waals surface area contributed by atoms with E-state index in [1.807, 2.05) is 0 Å². The van der Waals surface area contributed by atoms with Crippen LogP contribution in [0.4, 0.5) is 0 Å². The van der Waals surface area contributed by atoms with E-state index in [0.29, 0.717) is 86.6 Å². The van der Waals surface area contributed by atoms with Crippen molar-refractivity contribution in [2.24, 2.45) is 193 Å². The van der Waals surface area contributed by atoms with E-state index in [4.69, 9.17) is 0 Å². The van der Waals surface area contributed by atoms with E-state index in [9.17, 15) is 0 Å². The standard InChI is InChI=1S/C18H36.C18H34.2C16H32.C16H30.C15H28.C12H26/c2*1-13(2)14-10-11-18(9,17(6,7)8)15(12-14)16(3,4)5;1-15(2,3)13-11-9-7-8-10-12-14(13)16(4,5)6;2*1-8-12-9-10-13(15(2,3)4)14(11-12)16(5,6)7;1-14(2,3)12-10-7-8-11(9-10)13(12)15(4,5)6;1-8-10(12(5,6)7)9-11(2,3)4/h13-15H,10-12H2,1-9H3;14-15H,1,10-12H2,2-9H3;13-14H,7-12H2,1-6H3;12-14H,8-11H2,1-7H3;8,12-14H,1,9-11H2,2-7H3;10-13H,7-9H2,1-6H3;10H,8-9H2,1-7H3. The van der Waals surface area contributed by atoms with Crippen molar-refractivity contribution in [3.63, 3.8) is 0 Å². The van der Waals surface area contributed by atoms with Gasteiger partial charge in [-0.2, -0.15) is 0 Å². The smallest absolute Gasteiger partial charge is 0.0205 e. The molecule has 7 saturated carbocycles. The van der Waals surface area contributed by atoms with Gasteiger partial charge in [0.1, 0.15) is 0 Å². The Hall–Kier alpha value is -0.520. The molecule has 0 spiro atoms. The second-order valence-electron chi connectivity index (χ2n) is 56.3. The largest absolute Gasteiger partial charge is 0.103 e. The van der Waals surface area contributed by atoms with E-state index in [1.165, 1.54) is 160 Å². The highest BCUT2D eigenvalue weighted by Gasteiger charge is 2.56. The first-order valence-corrected chi connectivity index (χ1v) is 48.5. The molecule has 19 unspecified atom stereocenters. The van der Waals surface area contributed by atoms with Gasteiger partial charge in [-0.05, 0) is 309 Å². The molecular formula is C111H218. The molecule has 7 rings (SSSR count). The van der Waals surface area contributed by atoms with Crippen molar-refractivity contribution in [1.82, 2.24) is 0 Å². The molecule has 19 atom stereocenters. The van der Waals surface area contributed by atoms with Crippen molar-refractivity contribution < 1.29 is 0 Å². The van der Waals surface area contributed by atoms with Crippen molar-refractivity contribution in [2.75, 3.05) is 0 Å². The lowest BCUT2D eigenvalue weighted by Gasteiger charge is -2.57. The number of fused-ring (bicyclic) bond motifs is 2. The quantitative estimate of drug-likeness (QED) is 0.233. The van der Waals surface area contributed by atoms with E-state index in [1.54, 1.807) is 0 Å². The zero-order valence-corrected chi connectivity index (χ0v) is 86.9. The average molecular weight is 1550 g/mol. The summed E-state index contributed by atoms with van der Waals surface area (Å²) in [5.41, 5.74) is 8.69. The molecule has 0 radical (unpaired) electrons. The van der Waals surface area contributed by atoms with Gasteiger partial charge >= 0.3 is 0 Å². The molecule has 7 fully saturated rings. The Morgan fingerprint density at radius 2 is 0.712 bits per heavy atom. The Morgan fingerprint density at radius 3 is 0.991 bits per heavy atom. The van der Waals surface area contributed by atoms with Crippen molar-refractivity contribution in [3.05, 3.63) is 24.8 Å². The van der Waals surface area contributed by atoms with E-state index in [2.05, 4.69) is 358 Å². The summed E-state index contributed by atoms with van der Waals surface area (Å²) in [5.74, 6) is 16.1. The highest BCUT2D eigenvalue weighted by atomic mass is 14.6. The van der Waals surface area contributed by atoms with Gasteiger partial charge in [0.05, 0.1) is 0 Å². The first-order chi connectivity index (χ1) is 49.2. The van der Waals surface area contributed by atoms with Crippen LogP contribution in [0.25, 0.3) is 0 Å². The van der Waals surface area contributed by atoms with Crippen molar-refractivity contribution >= 4 is 0 Å². The number of allylic oxidation sites excluding steroid dienone is 2. The fourth-order valence-corrected chi connectivity index (χ4v) is 25.3. The maximum Gasteiger partial charge on any atom is -0.0205 e. The normalized spacial score (nSPS) is 32.3. The Kier molecular flexibility index (Phi) is 40.0. The molecule has 2 bridgehead atoms. The Bertz CT molecular complexity index is 2540. The second kappa shape index (κ2) is 40.9. The van der Waals surface area contributed by atoms with Gasteiger partial charge in [0.15, 0.2) is 0 Å². The Morgan fingerprint density at radius 1 is 0.369 bits per heavy atom. The molecule has 0 saturated heterocycles. The van der Waals surface area contributed by atoms with Crippen LogP contribution in [0.2, 0.25) is 0 Å². The summed E-state index contributed by atoms with van der Waals surface area (Å²) in [6, 6.07) is 0. The van der Waals surface area contributed by atoms with Crippen LogP contribution < -0.4 is 0 Å². The van der Waals surface area contributed by atoms with E-state index in [0.717, 1.165) is 107 Å². The predicted octanol–water partition coefficient (Wildman–Crippen LogP) is 38.0. The second-order valence-corrected chi connectivity index (χ2v) is 56.3. The van der Waals surface area contributed by atoms with Gasteiger partial charge < -0.3 is 0 Å². The van der Waals surface area contributed by atoms with Crippen LogP contribution >= 0.6 is 0 Å². The molecule has 0 N–H and O–H groups in total. The van der Waals surface area contributed by atoms with Gasteiger partial charge in [0.2, 0.25) is 0 Å². The van der Waals surface area contributed by atoms with Gasteiger partial charge in [-0.15, -0.1) is 6.58 Å². The van der Waals surface area contributed by atoms with Crippen LogP contribution in [0, 0.1) is 193 Å². The van der Waals surface area contributed by atoms with E-state index in [-0.39, 0.29) is 0 Å². The molecule has 0 heteroatoms. The summed E-state index contributed by atoms with van der Waals surface area (Å²) in [6.07, 6.45) is 36.2. The summed E-state index contributed by atoms with van der Waals surface area (Å²) >= 11 is 0. The minimum absolute atomic E-state index is 0.380. The topological polar surface area (TPSA) is 0 Å². The summed E-state index contributed by atoms with van der Waals surface area (Å²) < 4.78 is 0. The highest BCUT2D eigenvalue weighted by Crippen LogP contribution is 2.65. The van der Waals surface area contributed by atoms with E-state index >= 15 is 0 Å². The van der Waals surface area contributed by atoms with Gasteiger partial charge in [0, 0.05) is 0 Å². The van der Waals surface area contributed by atoms with Gasteiger partial charge in [-0.25, -0.2) is 0 Å². The molecule has 0 nitrogen and oxygen atoms in total. The maximum atomic E-state index is 4.21. The summed E-state index contributed by atoms with van der Waals surface area (Å²) in [5, 5.41) is 0. The zero-order chi connectivity index (χ0) is 87.6. The lowest BCUT2D eigenvalue weighted by atomic mass is 9.48. The van der Waals surface area contributed by atoms with Crippen molar-refractivity contribution in [1.29, 1.82) is 0 Å². The molecule has 0 amide bonds. The maximum absolute atomic E-state index is 4.21. The third-order valence-electron chi connectivity index (χ3n) is 33.0. The van der Waals surface area contributed by atoms with Crippen LogP contribution in [0.5, 0.6) is 0 Å². The molecule has 7 aliphatic rings. The zero-order valence-electron chi connectivity index (χ0n) is 86.9. The third-order valence-corrected chi connectivity index (χ3v) is 33.0. The molecule has 0 aromatic rings. The molecule has 662 valence electrons. The Balaban J connectivity index is 0.000000649. The molecule has 0 aliphatic heterocycles. The first kappa shape index (κ1) is 108. The third kappa shape index (κ3) is 33.4. The fourth-order valence-electron chi connectivity index (χ4n) is 25.3. The SMILES string of the molecule is C=C(C)C1CCC(C)(C(C)(C)C)C(C(C)(C)C)C1.C=CC1CCC(C(C)(C)C)C(C(C)(C)C)C1.CC(C)(C)C1C2CCC(C2)C1C(C)(C)C.CC(C)(C)C1CCCCCCC1C(C)(C)C.CC(C)C1CCC(C)(C(C)(C)C)C(C(C)(C)C)C1.CCC(CC(C)(C)C)C(C)(C)C.CCC1CCC(C(C)(C)C)C(C(C)(C)C)C1. The van der Waals surface area contributed by atoms with Crippen LogP contribution in [-0.2, 0) is 0 Å². The van der Waals surface area contributed by atoms with Crippen LogP contribution in [-0.4, -0.2) is 0 Å². The highest BCUT2D eigenvalue weighted by molar-refractivity contribution is 5.09. The molecule has 111 heavy (non-hydrogen) atoms. The summed E-state index contributed by atoms with van der Waals surface area (Å²) in [7, 11) is 0. The lowest BCUT2D eigenvalue weighted by Crippen LogP contribution is -2.49.